The first-order valence-electron chi connectivity index (χ1n) is 11.2. The second kappa shape index (κ2) is 10.7. The Labute approximate surface area is 208 Å². The highest BCUT2D eigenvalue weighted by atomic mass is 35.5. The van der Waals surface area contributed by atoms with Crippen molar-refractivity contribution < 1.29 is 14.0 Å². The van der Waals surface area contributed by atoms with E-state index in [9.17, 15) is 9.59 Å². The molecule has 1 heterocycles. The molecular weight excluding hydrogens is 467 g/mol. The topological polar surface area (TPSA) is 87.5 Å². The molecule has 0 radical (unpaired) electrons. The van der Waals surface area contributed by atoms with Crippen molar-refractivity contribution in [1.82, 2.24) is 4.90 Å². The van der Waals surface area contributed by atoms with Gasteiger partial charge in [0.15, 0.2) is 0 Å². The summed E-state index contributed by atoms with van der Waals surface area (Å²) in [5, 5.41) is 6.19. The highest BCUT2D eigenvalue weighted by molar-refractivity contribution is 6.30. The van der Waals surface area contributed by atoms with E-state index in [1.165, 1.54) is 18.2 Å². The number of para-hydroxylation sites is 2. The van der Waals surface area contributed by atoms with E-state index in [4.69, 9.17) is 17.3 Å². The number of anilines is 3. The Morgan fingerprint density at radius 2 is 1.80 bits per heavy atom. The van der Waals surface area contributed by atoms with Crippen LogP contribution in [0.2, 0.25) is 5.02 Å². The summed E-state index contributed by atoms with van der Waals surface area (Å²) in [6.07, 6.45) is 2.86. The number of nitrogens with zero attached hydrogens (tertiary/aromatic N) is 1. The molecule has 4 rings (SSSR count). The van der Waals surface area contributed by atoms with E-state index >= 15 is 4.39 Å². The lowest BCUT2D eigenvalue weighted by molar-refractivity contribution is -0.119. The molecule has 1 aliphatic rings. The lowest BCUT2D eigenvalue weighted by Gasteiger charge is -2.19. The predicted octanol–water partition coefficient (Wildman–Crippen LogP) is 5.00. The van der Waals surface area contributed by atoms with Gasteiger partial charge in [0.25, 0.3) is 0 Å². The molecule has 0 aliphatic carbocycles. The highest BCUT2D eigenvalue weighted by Crippen LogP contribution is 2.35. The first-order chi connectivity index (χ1) is 16.8. The van der Waals surface area contributed by atoms with Crippen LogP contribution in [0, 0.1) is 11.7 Å². The number of hydrogen-bond acceptors (Lipinski definition) is 4. The lowest BCUT2D eigenvalue weighted by Crippen LogP contribution is -2.28. The SMILES string of the molecule is CN1CC(C(=O)Nc2ccc(Cl)cc2)C(c2ccc(/C=C/C(=O)Nc3ccccc3N)cc2F)C1. The minimum absolute atomic E-state index is 0.165. The van der Waals surface area contributed by atoms with E-state index in [0.29, 0.717) is 46.3 Å². The molecule has 1 aliphatic heterocycles. The molecule has 6 nitrogen and oxygen atoms in total. The van der Waals surface area contributed by atoms with Crippen molar-refractivity contribution in [2.45, 2.75) is 5.92 Å². The summed E-state index contributed by atoms with van der Waals surface area (Å²) in [4.78, 5) is 27.2. The van der Waals surface area contributed by atoms with Gasteiger partial charge in [-0.1, -0.05) is 35.9 Å². The zero-order valence-electron chi connectivity index (χ0n) is 19.2. The van der Waals surface area contributed by atoms with E-state index in [0.717, 1.165) is 0 Å². The number of rotatable bonds is 6. The Morgan fingerprint density at radius 1 is 1.06 bits per heavy atom. The van der Waals surface area contributed by atoms with Crippen molar-refractivity contribution in [3.8, 4) is 0 Å². The molecule has 2 atom stereocenters. The number of hydrogen-bond donors (Lipinski definition) is 3. The van der Waals surface area contributed by atoms with Crippen LogP contribution in [0.5, 0.6) is 0 Å². The second-order valence-electron chi connectivity index (χ2n) is 8.62. The van der Waals surface area contributed by atoms with Crippen molar-refractivity contribution in [2.24, 2.45) is 5.92 Å². The van der Waals surface area contributed by atoms with Crippen LogP contribution in [0.15, 0.2) is 72.8 Å². The maximum atomic E-state index is 15.1. The van der Waals surface area contributed by atoms with Gasteiger partial charge >= 0.3 is 0 Å². The average molecular weight is 493 g/mol. The number of likely N-dealkylation sites (N-methyl/N-ethyl adjacent to an activating group) is 1. The fourth-order valence-corrected chi connectivity index (χ4v) is 4.38. The smallest absolute Gasteiger partial charge is 0.248 e. The van der Waals surface area contributed by atoms with Gasteiger partial charge in [-0.15, -0.1) is 0 Å². The summed E-state index contributed by atoms with van der Waals surface area (Å²) >= 11 is 5.92. The minimum atomic E-state index is -0.413. The van der Waals surface area contributed by atoms with Gasteiger partial charge in [0.05, 0.1) is 17.3 Å². The van der Waals surface area contributed by atoms with Crippen LogP contribution < -0.4 is 16.4 Å². The fourth-order valence-electron chi connectivity index (χ4n) is 4.25. The van der Waals surface area contributed by atoms with Gasteiger partial charge in [-0.05, 0) is 66.7 Å². The third-order valence-electron chi connectivity index (χ3n) is 6.02. The number of amides is 2. The maximum Gasteiger partial charge on any atom is 0.248 e. The second-order valence-corrected chi connectivity index (χ2v) is 9.06. The zero-order valence-corrected chi connectivity index (χ0v) is 19.9. The number of benzene rings is 3. The third-order valence-corrected chi connectivity index (χ3v) is 6.27. The molecule has 0 spiro atoms. The number of nitrogens with two attached hydrogens (primary N) is 1. The molecule has 3 aromatic carbocycles. The Hall–Kier alpha value is -3.68. The van der Waals surface area contributed by atoms with Crippen molar-refractivity contribution >= 4 is 46.6 Å². The third kappa shape index (κ3) is 6.07. The van der Waals surface area contributed by atoms with Gasteiger partial charge in [0, 0.05) is 35.8 Å². The molecular formula is C27H26ClFN4O2. The van der Waals surface area contributed by atoms with Gasteiger partial charge in [-0.25, -0.2) is 4.39 Å². The van der Waals surface area contributed by atoms with Crippen molar-refractivity contribution in [1.29, 1.82) is 0 Å². The van der Waals surface area contributed by atoms with Crippen molar-refractivity contribution in [3.05, 3.63) is 94.8 Å². The van der Waals surface area contributed by atoms with Crippen LogP contribution in [0.1, 0.15) is 17.0 Å². The molecule has 180 valence electrons. The number of nitrogen functional groups attached to an aromatic ring is 1. The summed E-state index contributed by atoms with van der Waals surface area (Å²) in [5.41, 5.74) is 8.47. The highest BCUT2D eigenvalue weighted by Gasteiger charge is 2.38. The normalized spacial score (nSPS) is 18.0. The van der Waals surface area contributed by atoms with Crippen LogP contribution >= 0.6 is 11.6 Å². The quantitative estimate of drug-likeness (QED) is 0.334. The van der Waals surface area contributed by atoms with Crippen LogP contribution in [0.25, 0.3) is 6.08 Å². The number of halogens is 2. The first kappa shape index (κ1) is 24.4. The van der Waals surface area contributed by atoms with E-state index in [-0.39, 0.29) is 17.7 Å². The van der Waals surface area contributed by atoms with Crippen LogP contribution in [0.4, 0.5) is 21.5 Å². The number of carbonyl (C=O) groups is 2. The monoisotopic (exact) mass is 492 g/mol. The molecule has 0 saturated carbocycles. The van der Waals surface area contributed by atoms with E-state index in [2.05, 4.69) is 10.6 Å². The number of likely N-dealkylation sites (tertiary alicyclic amines) is 1. The molecule has 8 heteroatoms. The Balaban J connectivity index is 1.45. The summed E-state index contributed by atoms with van der Waals surface area (Å²) in [6.45, 7) is 1.08. The fraction of sp³-hybridized carbons (Fsp3) is 0.185. The number of nitrogens with one attached hydrogen (secondary N) is 2. The zero-order chi connectivity index (χ0) is 24.9. The van der Waals surface area contributed by atoms with Gasteiger partial charge in [-0.3, -0.25) is 9.59 Å². The molecule has 1 fully saturated rings. The maximum absolute atomic E-state index is 15.1. The summed E-state index contributed by atoms with van der Waals surface area (Å²) < 4.78 is 15.1. The Morgan fingerprint density at radius 3 is 2.51 bits per heavy atom. The van der Waals surface area contributed by atoms with Crippen LogP contribution in [-0.4, -0.2) is 36.9 Å². The Bertz CT molecular complexity index is 1260. The van der Waals surface area contributed by atoms with E-state index in [1.54, 1.807) is 60.7 Å². The van der Waals surface area contributed by atoms with Gasteiger partial charge in [-0.2, -0.15) is 0 Å². The molecule has 0 bridgehead atoms. The molecule has 2 unspecified atom stereocenters. The van der Waals surface area contributed by atoms with Gasteiger partial charge in [0.2, 0.25) is 11.8 Å². The number of carbonyl (C=O) groups excluding carboxylic acids is 2. The van der Waals surface area contributed by atoms with Gasteiger partial charge < -0.3 is 21.3 Å². The van der Waals surface area contributed by atoms with E-state index in [1.807, 2.05) is 11.9 Å². The largest absolute Gasteiger partial charge is 0.397 e. The molecule has 0 aromatic heterocycles. The predicted molar refractivity (Wildman–Crippen MR) is 139 cm³/mol. The molecule has 4 N–H and O–H groups in total. The summed E-state index contributed by atoms with van der Waals surface area (Å²) in [5.74, 6) is -1.65. The summed E-state index contributed by atoms with van der Waals surface area (Å²) in [6, 6.07) is 18.6. The van der Waals surface area contributed by atoms with Gasteiger partial charge in [0.1, 0.15) is 5.82 Å². The standard InChI is InChI=1S/C27H26ClFN4O2/c1-33-15-21(22(16-33)27(35)31-19-10-8-18(28)9-11-19)20-12-6-17(14-23(20)29)7-13-26(34)32-25-5-3-2-4-24(25)30/h2-14,21-22H,15-16,30H2,1H3,(H,31,35)(H,32,34)/b13-7+. The summed E-state index contributed by atoms with van der Waals surface area (Å²) in [7, 11) is 1.91. The molecule has 2 amide bonds. The molecule has 1 saturated heterocycles. The Kier molecular flexibility index (Phi) is 7.48. The first-order valence-corrected chi connectivity index (χ1v) is 11.6. The van der Waals surface area contributed by atoms with E-state index < -0.39 is 11.7 Å². The molecule has 3 aromatic rings. The lowest BCUT2D eigenvalue weighted by atomic mass is 9.87. The van der Waals surface area contributed by atoms with Crippen LogP contribution in [-0.2, 0) is 9.59 Å². The van der Waals surface area contributed by atoms with Crippen LogP contribution in [0.3, 0.4) is 0 Å². The average Bonchev–Trinajstić information content (AvgIpc) is 3.22. The van der Waals surface area contributed by atoms with Crippen molar-refractivity contribution in [3.63, 3.8) is 0 Å². The molecule has 35 heavy (non-hydrogen) atoms. The van der Waals surface area contributed by atoms with Crippen molar-refractivity contribution in [2.75, 3.05) is 36.5 Å². The minimum Gasteiger partial charge on any atom is -0.397 e.